The molecule has 0 atom stereocenters. The summed E-state index contributed by atoms with van der Waals surface area (Å²) >= 11 is 0. The van der Waals surface area contributed by atoms with E-state index in [0.29, 0.717) is 16.7 Å². The van der Waals surface area contributed by atoms with Crippen LogP contribution in [0.1, 0.15) is 93.7 Å². The average Bonchev–Trinajstić information content (AvgIpc) is 2.65. The Hall–Kier alpha value is -1.31. The maximum absolute atomic E-state index is 8.50. The summed E-state index contributed by atoms with van der Waals surface area (Å²) in [6, 6.07) is 6.95. The number of rotatable bonds is 3. The van der Waals surface area contributed by atoms with Gasteiger partial charge in [0.05, 0.1) is 0 Å². The predicted molar refractivity (Wildman–Crippen MR) is 117 cm³/mol. The summed E-state index contributed by atoms with van der Waals surface area (Å²) in [7, 11) is 0. The number of nitrogens with two attached hydrogens (primary N) is 1. The lowest BCUT2D eigenvalue weighted by molar-refractivity contribution is -0.0175. The molecule has 8 aliphatic carbocycles. The SMILES string of the molecule is N=C(N)c1cccc(C23CC4CC(CC(C4)C2)C3)c1C12CC3CC(CC(C3)C1)C2. The molecule has 0 radical (unpaired) electrons. The second-order valence-electron chi connectivity index (χ2n) is 12.5. The highest BCUT2D eigenvalue weighted by Crippen LogP contribution is 2.66. The van der Waals surface area contributed by atoms with Gasteiger partial charge in [0.1, 0.15) is 5.84 Å². The summed E-state index contributed by atoms with van der Waals surface area (Å²) in [5.41, 5.74) is 11.4. The molecule has 8 saturated carbocycles. The molecule has 2 nitrogen and oxygen atoms in total. The molecule has 1 aromatic rings. The molecular weight excluding hydrogens is 352 g/mol. The smallest absolute Gasteiger partial charge is 0.123 e. The minimum Gasteiger partial charge on any atom is -0.384 e. The first kappa shape index (κ1) is 17.4. The van der Waals surface area contributed by atoms with Crippen LogP contribution in [0.5, 0.6) is 0 Å². The van der Waals surface area contributed by atoms with Crippen LogP contribution < -0.4 is 5.73 Å². The van der Waals surface area contributed by atoms with Crippen LogP contribution in [0.2, 0.25) is 0 Å². The van der Waals surface area contributed by atoms with E-state index in [1.165, 1.54) is 77.0 Å². The van der Waals surface area contributed by atoms with Crippen LogP contribution in [0.15, 0.2) is 18.2 Å². The molecule has 8 aliphatic rings. The molecule has 154 valence electrons. The third-order valence-electron chi connectivity index (χ3n) is 10.5. The second kappa shape index (κ2) is 5.68. The molecule has 3 N–H and O–H groups in total. The third kappa shape index (κ3) is 2.38. The minimum atomic E-state index is 0.322. The molecule has 0 amide bonds. The van der Waals surface area contributed by atoms with Crippen LogP contribution in [-0.2, 0) is 10.8 Å². The summed E-state index contributed by atoms with van der Waals surface area (Å²) in [4.78, 5) is 0. The molecule has 29 heavy (non-hydrogen) atoms. The Balaban J connectivity index is 1.42. The molecule has 9 rings (SSSR count). The molecule has 0 heterocycles. The molecule has 0 aromatic heterocycles. The van der Waals surface area contributed by atoms with Crippen molar-refractivity contribution in [1.82, 2.24) is 0 Å². The number of benzene rings is 1. The van der Waals surface area contributed by atoms with Crippen molar-refractivity contribution in [2.24, 2.45) is 41.2 Å². The highest BCUT2D eigenvalue weighted by atomic mass is 14.7. The summed E-state index contributed by atoms with van der Waals surface area (Å²) in [6.07, 6.45) is 17.3. The lowest BCUT2D eigenvalue weighted by Crippen LogP contribution is -2.53. The predicted octanol–water partition coefficient (Wildman–Crippen LogP) is 5.91. The van der Waals surface area contributed by atoms with Gasteiger partial charge in [-0.15, -0.1) is 0 Å². The molecule has 0 saturated heterocycles. The molecule has 0 spiro atoms. The van der Waals surface area contributed by atoms with E-state index in [-0.39, 0.29) is 0 Å². The third-order valence-corrected chi connectivity index (χ3v) is 10.5. The van der Waals surface area contributed by atoms with Crippen LogP contribution in [0, 0.1) is 40.9 Å². The van der Waals surface area contributed by atoms with Gasteiger partial charge in [0.2, 0.25) is 0 Å². The Morgan fingerprint density at radius 1 is 0.690 bits per heavy atom. The van der Waals surface area contributed by atoms with E-state index in [4.69, 9.17) is 11.1 Å². The van der Waals surface area contributed by atoms with Gasteiger partial charge in [-0.2, -0.15) is 0 Å². The Kier molecular flexibility index (Phi) is 3.40. The molecule has 0 aliphatic heterocycles. The van der Waals surface area contributed by atoms with Gasteiger partial charge in [-0.1, -0.05) is 18.2 Å². The fourth-order valence-corrected chi connectivity index (χ4v) is 10.6. The zero-order chi connectivity index (χ0) is 19.4. The van der Waals surface area contributed by atoms with Gasteiger partial charge in [-0.05, 0) is 135 Å². The summed E-state index contributed by atoms with van der Waals surface area (Å²) in [6.45, 7) is 0. The van der Waals surface area contributed by atoms with Gasteiger partial charge in [-0.25, -0.2) is 0 Å². The summed E-state index contributed by atoms with van der Waals surface area (Å²) in [5, 5.41) is 8.50. The summed E-state index contributed by atoms with van der Waals surface area (Å²) < 4.78 is 0. The number of nitrogen functional groups attached to an aromatic ring is 1. The average molecular weight is 389 g/mol. The first-order valence-corrected chi connectivity index (χ1v) is 12.5. The van der Waals surface area contributed by atoms with Crippen LogP contribution in [0.4, 0.5) is 0 Å². The standard InChI is InChI=1S/C27H36N2/c28-25(29)22-2-1-3-23(26-10-16-4-17(11-26)6-18(5-16)12-26)24(22)27-13-19-7-20(14-27)9-21(8-19)15-27/h1-3,16-21H,4-15H2,(H3,28,29). The van der Waals surface area contributed by atoms with E-state index in [1.54, 1.807) is 11.1 Å². The first-order chi connectivity index (χ1) is 14.0. The van der Waals surface area contributed by atoms with Crippen LogP contribution >= 0.6 is 0 Å². The molecule has 0 unspecified atom stereocenters. The second-order valence-corrected chi connectivity index (χ2v) is 12.5. The maximum atomic E-state index is 8.50. The molecule has 8 fully saturated rings. The maximum Gasteiger partial charge on any atom is 0.123 e. The van der Waals surface area contributed by atoms with Gasteiger partial charge < -0.3 is 5.73 Å². The Morgan fingerprint density at radius 3 is 1.52 bits per heavy atom. The highest BCUT2D eigenvalue weighted by molar-refractivity contribution is 5.97. The van der Waals surface area contributed by atoms with Crippen molar-refractivity contribution < 1.29 is 0 Å². The van der Waals surface area contributed by atoms with E-state index in [2.05, 4.69) is 18.2 Å². The van der Waals surface area contributed by atoms with Gasteiger partial charge in [0.15, 0.2) is 0 Å². The highest BCUT2D eigenvalue weighted by Gasteiger charge is 2.57. The van der Waals surface area contributed by atoms with E-state index < -0.39 is 0 Å². The van der Waals surface area contributed by atoms with Gasteiger partial charge >= 0.3 is 0 Å². The van der Waals surface area contributed by atoms with Crippen molar-refractivity contribution >= 4 is 5.84 Å². The molecular formula is C27H36N2. The van der Waals surface area contributed by atoms with Crippen LogP contribution in [-0.4, -0.2) is 5.84 Å². The number of hydrogen-bond donors (Lipinski definition) is 2. The van der Waals surface area contributed by atoms with E-state index in [0.717, 1.165) is 41.1 Å². The molecule has 8 bridgehead atoms. The minimum absolute atomic E-state index is 0.322. The normalized spacial score (nSPS) is 49.0. The number of nitrogens with one attached hydrogen (secondary N) is 1. The lowest BCUT2D eigenvalue weighted by atomic mass is 9.44. The quantitative estimate of drug-likeness (QED) is 0.491. The number of amidine groups is 1. The van der Waals surface area contributed by atoms with Crippen molar-refractivity contribution in [2.45, 2.75) is 87.9 Å². The fraction of sp³-hybridized carbons (Fsp3) is 0.741. The molecule has 2 heteroatoms. The van der Waals surface area contributed by atoms with Crippen molar-refractivity contribution in [3.8, 4) is 0 Å². The van der Waals surface area contributed by atoms with Crippen molar-refractivity contribution in [3.63, 3.8) is 0 Å². The van der Waals surface area contributed by atoms with E-state index >= 15 is 0 Å². The topological polar surface area (TPSA) is 49.9 Å². The van der Waals surface area contributed by atoms with Crippen molar-refractivity contribution in [3.05, 3.63) is 34.9 Å². The zero-order valence-electron chi connectivity index (χ0n) is 17.8. The Labute approximate surface area is 175 Å². The Bertz CT molecular complexity index is 810. The monoisotopic (exact) mass is 388 g/mol. The van der Waals surface area contributed by atoms with Crippen LogP contribution in [0.3, 0.4) is 0 Å². The van der Waals surface area contributed by atoms with Gasteiger partial charge in [0, 0.05) is 5.56 Å². The van der Waals surface area contributed by atoms with Crippen molar-refractivity contribution in [2.75, 3.05) is 0 Å². The van der Waals surface area contributed by atoms with Crippen LogP contribution in [0.25, 0.3) is 0 Å². The van der Waals surface area contributed by atoms with E-state index in [1.807, 2.05) is 0 Å². The largest absolute Gasteiger partial charge is 0.384 e. The Morgan fingerprint density at radius 2 is 1.10 bits per heavy atom. The number of hydrogen-bond acceptors (Lipinski definition) is 1. The fourth-order valence-electron chi connectivity index (χ4n) is 10.6. The van der Waals surface area contributed by atoms with Crippen molar-refractivity contribution in [1.29, 1.82) is 5.41 Å². The van der Waals surface area contributed by atoms with E-state index in [9.17, 15) is 0 Å². The van der Waals surface area contributed by atoms with Gasteiger partial charge in [0.25, 0.3) is 0 Å². The van der Waals surface area contributed by atoms with Gasteiger partial charge in [-0.3, -0.25) is 5.41 Å². The summed E-state index contributed by atoms with van der Waals surface area (Å²) in [5.74, 6) is 6.02. The lowest BCUT2D eigenvalue weighted by Gasteiger charge is -2.61. The first-order valence-electron chi connectivity index (χ1n) is 12.5. The zero-order valence-corrected chi connectivity index (χ0v) is 17.8. The molecule has 1 aromatic carbocycles.